The van der Waals surface area contributed by atoms with E-state index in [9.17, 15) is 9.18 Å². The lowest BCUT2D eigenvalue weighted by Crippen LogP contribution is -2.14. The van der Waals surface area contributed by atoms with E-state index in [0.717, 1.165) is 40.3 Å². The Morgan fingerprint density at radius 1 is 1.03 bits per heavy atom. The van der Waals surface area contributed by atoms with E-state index in [2.05, 4.69) is 12.2 Å². The fourth-order valence-corrected chi connectivity index (χ4v) is 3.52. The number of hydrogen-bond donors (Lipinski definition) is 1. The summed E-state index contributed by atoms with van der Waals surface area (Å²) >= 11 is 0. The van der Waals surface area contributed by atoms with Crippen LogP contribution in [0.4, 0.5) is 10.1 Å². The molecule has 0 spiro atoms. The zero-order valence-corrected chi connectivity index (χ0v) is 16.2. The highest BCUT2D eigenvalue weighted by atomic mass is 19.1. The summed E-state index contributed by atoms with van der Waals surface area (Å²) in [5, 5.41) is 3.02. The Hall–Kier alpha value is -3.47. The molecule has 1 amide bonds. The van der Waals surface area contributed by atoms with Crippen LogP contribution in [0.15, 0.2) is 72.9 Å². The van der Waals surface area contributed by atoms with Gasteiger partial charge in [-0.15, -0.1) is 0 Å². The monoisotopic (exact) mass is 387 g/mol. The van der Waals surface area contributed by atoms with Crippen LogP contribution in [0.5, 0.6) is 0 Å². The molecule has 0 bridgehead atoms. The first kappa shape index (κ1) is 18.9. The zero-order chi connectivity index (χ0) is 20.2. The molecule has 0 aliphatic rings. The van der Waals surface area contributed by atoms with Crippen LogP contribution in [-0.2, 0) is 17.6 Å². The topological polar surface area (TPSA) is 46.4 Å². The van der Waals surface area contributed by atoms with Gasteiger partial charge in [0.2, 0.25) is 5.91 Å². The molecule has 0 saturated carbocycles. The van der Waals surface area contributed by atoms with Gasteiger partial charge in [-0.1, -0.05) is 31.2 Å². The lowest BCUT2D eigenvalue weighted by molar-refractivity contribution is -0.116. The van der Waals surface area contributed by atoms with Crippen LogP contribution in [0.2, 0.25) is 0 Å². The largest absolute Gasteiger partial charge is 0.326 e. The van der Waals surface area contributed by atoms with Gasteiger partial charge in [-0.2, -0.15) is 0 Å². The van der Waals surface area contributed by atoms with E-state index >= 15 is 0 Å². The Bertz CT molecular complexity index is 1150. The minimum atomic E-state index is -0.284. The number of imidazole rings is 1. The molecule has 2 aromatic carbocycles. The van der Waals surface area contributed by atoms with Crippen LogP contribution in [-0.4, -0.2) is 15.3 Å². The van der Waals surface area contributed by atoms with Crippen molar-refractivity contribution in [3.8, 4) is 11.3 Å². The van der Waals surface area contributed by atoms with Gasteiger partial charge in [0.15, 0.2) is 0 Å². The molecule has 2 heterocycles. The second-order valence-corrected chi connectivity index (χ2v) is 6.90. The number of nitrogens with zero attached hydrogens (tertiary/aromatic N) is 2. The predicted molar refractivity (Wildman–Crippen MR) is 113 cm³/mol. The normalized spacial score (nSPS) is 11.0. The second kappa shape index (κ2) is 8.27. The molecule has 29 heavy (non-hydrogen) atoms. The molecule has 0 unspecified atom stereocenters. The fourth-order valence-electron chi connectivity index (χ4n) is 3.52. The van der Waals surface area contributed by atoms with Gasteiger partial charge in [-0.25, -0.2) is 9.37 Å². The Kier molecular flexibility index (Phi) is 5.38. The summed E-state index contributed by atoms with van der Waals surface area (Å²) in [4.78, 5) is 17.3. The first-order chi connectivity index (χ1) is 14.2. The number of anilines is 1. The van der Waals surface area contributed by atoms with Crippen molar-refractivity contribution in [1.29, 1.82) is 0 Å². The van der Waals surface area contributed by atoms with Gasteiger partial charge >= 0.3 is 0 Å². The van der Waals surface area contributed by atoms with E-state index in [0.29, 0.717) is 12.8 Å². The van der Waals surface area contributed by atoms with Crippen LogP contribution in [0.1, 0.15) is 24.6 Å². The van der Waals surface area contributed by atoms with Gasteiger partial charge in [-0.05, 0) is 60.9 Å². The van der Waals surface area contributed by atoms with Gasteiger partial charge in [-0.3, -0.25) is 4.79 Å². The molecule has 0 radical (unpaired) electrons. The van der Waals surface area contributed by atoms with Crippen molar-refractivity contribution in [2.24, 2.45) is 0 Å². The van der Waals surface area contributed by atoms with Crippen molar-refractivity contribution in [2.45, 2.75) is 26.2 Å². The predicted octanol–water partition coefficient (Wildman–Crippen LogP) is 5.27. The lowest BCUT2D eigenvalue weighted by atomic mass is 10.1. The van der Waals surface area contributed by atoms with E-state index < -0.39 is 0 Å². The number of amides is 1. The number of pyridine rings is 1. The minimum absolute atomic E-state index is 0.0400. The number of hydrogen-bond acceptors (Lipinski definition) is 2. The highest BCUT2D eigenvalue weighted by molar-refractivity contribution is 5.91. The molecule has 0 aliphatic heterocycles. The lowest BCUT2D eigenvalue weighted by Gasteiger charge is -2.10. The van der Waals surface area contributed by atoms with Crippen molar-refractivity contribution < 1.29 is 9.18 Å². The number of rotatable bonds is 6. The maximum absolute atomic E-state index is 13.4. The highest BCUT2D eigenvalue weighted by Gasteiger charge is 2.15. The molecule has 146 valence electrons. The number of fused-ring (bicyclic) bond motifs is 1. The minimum Gasteiger partial charge on any atom is -0.326 e. The second-order valence-electron chi connectivity index (χ2n) is 6.90. The van der Waals surface area contributed by atoms with Crippen molar-refractivity contribution in [3.05, 3.63) is 90.0 Å². The molecule has 2 aromatic heterocycles. The third kappa shape index (κ3) is 4.04. The Morgan fingerprint density at radius 3 is 2.59 bits per heavy atom. The van der Waals surface area contributed by atoms with Crippen molar-refractivity contribution >= 4 is 17.2 Å². The van der Waals surface area contributed by atoms with Crippen LogP contribution in [0.3, 0.4) is 0 Å². The quantitative estimate of drug-likeness (QED) is 0.490. The summed E-state index contributed by atoms with van der Waals surface area (Å²) in [7, 11) is 0. The van der Waals surface area contributed by atoms with E-state index in [1.165, 1.54) is 12.1 Å². The van der Waals surface area contributed by atoms with E-state index in [1.807, 2.05) is 53.1 Å². The van der Waals surface area contributed by atoms with Crippen LogP contribution in [0, 0.1) is 5.82 Å². The van der Waals surface area contributed by atoms with Crippen molar-refractivity contribution in [3.63, 3.8) is 0 Å². The van der Waals surface area contributed by atoms with Crippen LogP contribution in [0.25, 0.3) is 16.9 Å². The fraction of sp³-hybridized carbons (Fsp3) is 0.167. The maximum Gasteiger partial charge on any atom is 0.224 e. The SMILES string of the molecule is CCc1ccccc1NC(=O)CCc1c(-c2ccc(F)cc2)nc2ccccn12. The number of aryl methyl sites for hydroxylation is 2. The number of para-hydroxylation sites is 1. The Labute approximate surface area is 169 Å². The molecule has 0 fully saturated rings. The van der Waals surface area contributed by atoms with E-state index in [1.54, 1.807) is 12.1 Å². The number of carbonyl (C=O) groups excluding carboxylic acids is 1. The van der Waals surface area contributed by atoms with Gasteiger partial charge in [0.1, 0.15) is 11.5 Å². The zero-order valence-electron chi connectivity index (χ0n) is 16.2. The molecule has 0 saturated heterocycles. The number of carbonyl (C=O) groups is 1. The third-order valence-electron chi connectivity index (χ3n) is 5.01. The molecule has 1 N–H and O–H groups in total. The smallest absolute Gasteiger partial charge is 0.224 e. The maximum atomic E-state index is 13.4. The molecular weight excluding hydrogens is 365 g/mol. The Morgan fingerprint density at radius 2 is 1.79 bits per heavy atom. The van der Waals surface area contributed by atoms with Gasteiger partial charge in [0, 0.05) is 23.9 Å². The summed E-state index contributed by atoms with van der Waals surface area (Å²) in [5.74, 6) is -0.324. The summed E-state index contributed by atoms with van der Waals surface area (Å²) in [6.45, 7) is 2.07. The summed E-state index contributed by atoms with van der Waals surface area (Å²) < 4.78 is 15.3. The highest BCUT2D eigenvalue weighted by Crippen LogP contribution is 2.26. The summed E-state index contributed by atoms with van der Waals surface area (Å²) in [6.07, 6.45) is 3.65. The van der Waals surface area contributed by atoms with E-state index in [4.69, 9.17) is 4.98 Å². The average Bonchev–Trinajstić information content (AvgIpc) is 3.12. The molecule has 5 heteroatoms. The molecule has 0 atom stereocenters. The van der Waals surface area contributed by atoms with Crippen molar-refractivity contribution in [1.82, 2.24) is 9.38 Å². The van der Waals surface area contributed by atoms with Gasteiger partial charge < -0.3 is 9.72 Å². The summed E-state index contributed by atoms with van der Waals surface area (Å²) in [5.41, 5.74) is 5.32. The molecule has 4 aromatic rings. The van der Waals surface area contributed by atoms with Gasteiger partial charge in [0.25, 0.3) is 0 Å². The molecule has 0 aliphatic carbocycles. The summed E-state index contributed by atoms with van der Waals surface area (Å²) in [6, 6.07) is 19.9. The van der Waals surface area contributed by atoms with Crippen molar-refractivity contribution in [2.75, 3.05) is 5.32 Å². The van der Waals surface area contributed by atoms with Gasteiger partial charge in [0.05, 0.1) is 11.4 Å². The number of nitrogens with one attached hydrogen (secondary N) is 1. The number of benzene rings is 2. The average molecular weight is 387 g/mol. The molecule has 4 nitrogen and oxygen atoms in total. The molecular formula is C24H22FN3O. The number of halogens is 1. The third-order valence-corrected chi connectivity index (χ3v) is 5.01. The Balaban J connectivity index is 1.59. The number of aromatic nitrogens is 2. The van der Waals surface area contributed by atoms with Crippen LogP contribution >= 0.6 is 0 Å². The van der Waals surface area contributed by atoms with Crippen LogP contribution < -0.4 is 5.32 Å². The molecule has 4 rings (SSSR count). The first-order valence-electron chi connectivity index (χ1n) is 9.75. The standard InChI is InChI=1S/C24H22FN3O/c1-2-17-7-3-4-8-20(17)26-23(29)15-14-21-24(18-10-12-19(25)13-11-18)27-22-9-5-6-16-28(21)22/h3-13,16H,2,14-15H2,1H3,(H,26,29). The van der Waals surface area contributed by atoms with E-state index in [-0.39, 0.29) is 11.7 Å². The first-order valence-corrected chi connectivity index (χ1v) is 9.75.